The quantitative estimate of drug-likeness (QED) is 0.0574. The minimum Gasteiger partial charge on any atom is -0.508 e. The van der Waals surface area contributed by atoms with Crippen LogP contribution in [0.3, 0.4) is 0 Å². The van der Waals surface area contributed by atoms with Gasteiger partial charge in [-0.15, -0.1) is 0 Å². The number of hydrogen-bond donors (Lipinski definition) is 10. The first-order valence-corrected chi connectivity index (χ1v) is 31.5. The molecule has 0 saturated carbocycles. The first-order valence-electron chi connectivity index (χ1n) is 27.0. The molecule has 2 heterocycles. The largest absolute Gasteiger partial charge is 0.508 e. The number of ether oxygens (including phenoxy) is 1. The second-order valence-corrected chi connectivity index (χ2v) is 26.0. The van der Waals surface area contributed by atoms with Crippen LogP contribution in [0.4, 0.5) is 4.79 Å². The second kappa shape index (κ2) is 33.0. The van der Waals surface area contributed by atoms with Crippen molar-refractivity contribution >= 4 is 100 Å². The lowest BCUT2D eigenvalue weighted by atomic mass is 9.96. The number of Topliss-reactive ketones (excluding diaryl/α,β-unsaturated/α-hetero) is 1. The topological polar surface area (TPSA) is 409 Å². The van der Waals surface area contributed by atoms with E-state index in [1.54, 1.807) is 55.4 Å². The van der Waals surface area contributed by atoms with Crippen molar-refractivity contribution < 1.29 is 81.0 Å². The van der Waals surface area contributed by atoms with Crippen LogP contribution in [0, 0.1) is 11.8 Å². The highest BCUT2D eigenvalue weighted by Gasteiger charge is 2.41. The summed E-state index contributed by atoms with van der Waals surface area (Å²) < 4.78 is 27.8. The van der Waals surface area contributed by atoms with Crippen LogP contribution in [-0.4, -0.2) is 166 Å². The Morgan fingerprint density at radius 2 is 1.41 bits per heavy atom. The van der Waals surface area contributed by atoms with Crippen molar-refractivity contribution in [2.75, 3.05) is 31.3 Å². The average molecular weight is 1210 g/mol. The molecule has 2 fully saturated rings. The molecule has 82 heavy (non-hydrogen) atoms. The van der Waals surface area contributed by atoms with E-state index in [1.165, 1.54) is 29.2 Å². The number of phenolic OH excluding ortho intramolecular Hbond substituents is 1. The molecule has 10 amide bonds. The number of likely N-dealkylation sites (tertiary alicyclic amines) is 1. The van der Waals surface area contributed by atoms with Crippen molar-refractivity contribution in [2.24, 2.45) is 23.3 Å². The van der Waals surface area contributed by atoms with Gasteiger partial charge in [-0.2, -0.15) is 0 Å². The Balaban J connectivity index is 2.14. The Hall–Kier alpha value is -6.45. The van der Waals surface area contributed by atoms with Gasteiger partial charge in [0.2, 0.25) is 53.2 Å². The van der Waals surface area contributed by atoms with Gasteiger partial charge in [0.15, 0.2) is 5.78 Å². The number of nitrogens with two attached hydrogens (primary N) is 2. The third-order valence-corrected chi connectivity index (χ3v) is 16.5. The van der Waals surface area contributed by atoms with Gasteiger partial charge in [-0.1, -0.05) is 67.8 Å². The summed E-state index contributed by atoms with van der Waals surface area (Å²) in [7, 11) is -1.86. The molecule has 12 N–H and O–H groups in total. The van der Waals surface area contributed by atoms with Gasteiger partial charge in [-0.25, -0.2) is 9.36 Å². The number of rotatable bonds is 22. The van der Waals surface area contributed by atoms with Gasteiger partial charge in [0.25, 0.3) is 0 Å². The molecule has 2 aliphatic heterocycles. The van der Waals surface area contributed by atoms with Crippen LogP contribution in [0.25, 0.3) is 0 Å². The van der Waals surface area contributed by atoms with Gasteiger partial charge in [0, 0.05) is 37.3 Å². The lowest BCUT2D eigenvalue weighted by Gasteiger charge is -2.31. The van der Waals surface area contributed by atoms with Gasteiger partial charge in [-0.05, 0) is 82.9 Å². The summed E-state index contributed by atoms with van der Waals surface area (Å²) in [5.41, 5.74) is 10.4. The van der Waals surface area contributed by atoms with E-state index in [0.717, 1.165) is 28.3 Å². The molecule has 1 aromatic rings. The van der Waals surface area contributed by atoms with Gasteiger partial charge in [-0.3, -0.25) is 52.7 Å². The van der Waals surface area contributed by atoms with Crippen LogP contribution in [0.15, 0.2) is 24.3 Å². The number of phenols is 1. The number of ketones is 1. The van der Waals surface area contributed by atoms with E-state index in [4.69, 9.17) is 25.3 Å². The number of carbonyl (C=O) groups excluding carboxylic acids is 12. The number of nitrogens with one attached hydrogen (secondary N) is 7. The molecule has 27 nitrogen and oxygen atoms in total. The molecule has 0 spiro atoms. The van der Waals surface area contributed by atoms with E-state index < -0.39 is 171 Å². The zero-order valence-electron chi connectivity index (χ0n) is 47.8. The highest BCUT2D eigenvalue weighted by Crippen LogP contribution is 2.44. The number of primary amides is 2. The van der Waals surface area contributed by atoms with E-state index in [1.807, 2.05) is 0 Å². The second-order valence-electron chi connectivity index (χ2n) is 21.4. The summed E-state index contributed by atoms with van der Waals surface area (Å²) in [6.45, 7) is 14.4. The summed E-state index contributed by atoms with van der Waals surface area (Å²) in [4.78, 5) is 166. The number of hydrogen-bond acceptors (Lipinski definition) is 19. The predicted molar refractivity (Wildman–Crippen MR) is 303 cm³/mol. The van der Waals surface area contributed by atoms with Gasteiger partial charge in [0.1, 0.15) is 53.6 Å². The van der Waals surface area contributed by atoms with Crippen molar-refractivity contribution in [3.63, 3.8) is 0 Å². The van der Waals surface area contributed by atoms with Crippen LogP contribution < -0.4 is 48.7 Å². The molecule has 2 saturated heterocycles. The monoisotopic (exact) mass is 1210 g/mol. The van der Waals surface area contributed by atoms with E-state index in [9.17, 15) is 67.2 Å². The molecule has 0 radical (unpaired) electrons. The summed E-state index contributed by atoms with van der Waals surface area (Å²) >= 11 is 0. The summed E-state index contributed by atoms with van der Waals surface area (Å²) in [5, 5.41) is 28.1. The lowest BCUT2D eigenvalue weighted by molar-refractivity contribution is -0.142. The minimum absolute atomic E-state index is 0.00872. The molecule has 30 heteroatoms. The fourth-order valence-corrected chi connectivity index (χ4v) is 11.8. The zero-order chi connectivity index (χ0) is 61.6. The number of amides is 10. The Morgan fingerprint density at radius 1 is 0.805 bits per heavy atom. The van der Waals surface area contributed by atoms with E-state index in [0.29, 0.717) is 5.56 Å². The van der Waals surface area contributed by atoms with Crippen molar-refractivity contribution in [1.82, 2.24) is 42.1 Å². The number of benzene rings is 1. The standard InChI is InChI=1S/C52H81N10O17PS2/c1-10-29(5)43-49(73)55-32(18-20-40(53)65)44(68)58-35(25-41(54)66)45(69)59-37(50(74)62-22-12-13-38(62)48(72)56-33(23-28(3)4)39(64)19-21-42(67)79-80(9,76)77-11-2)27-82-81-26-36(60-51(75)78-52(6,7)8)47(71)57-34(46(70)61-43)24-30-14-16-31(63)17-15-30/h14-17,28-29,32-38,43,63H,10-13,18-27H2,1-9H3,(H2,53,65)(H2,54,66)(H,55,73)(H,56,72)(H,57,71)(H,58,68)(H,59,69)(H,60,75)(H,61,70)/t29-,32-,33-,34-,35-,36-,37-,38-,43-,80?/m0/s1. The third-order valence-electron chi connectivity index (χ3n) is 12.8. The smallest absolute Gasteiger partial charge is 0.408 e. The van der Waals surface area contributed by atoms with Crippen molar-refractivity contribution in [3.05, 3.63) is 29.8 Å². The number of nitrogens with zero attached hydrogens (tertiary/aromatic N) is 1. The molecule has 1 unspecified atom stereocenters. The van der Waals surface area contributed by atoms with Crippen LogP contribution >= 0.6 is 29.2 Å². The maximum Gasteiger partial charge on any atom is 0.408 e. The number of carbonyl (C=O) groups is 12. The Kier molecular flexibility index (Phi) is 28.1. The molecule has 0 bridgehead atoms. The fourth-order valence-electron chi connectivity index (χ4n) is 8.52. The van der Waals surface area contributed by atoms with Crippen molar-refractivity contribution in [1.29, 1.82) is 0 Å². The lowest BCUT2D eigenvalue weighted by Crippen LogP contribution is -2.62. The molecule has 3 rings (SSSR count). The van der Waals surface area contributed by atoms with Crippen molar-refractivity contribution in [2.45, 2.75) is 174 Å². The molecular formula is C52H81N10O17PS2. The molecule has 0 aliphatic carbocycles. The van der Waals surface area contributed by atoms with Crippen LogP contribution in [0.1, 0.15) is 119 Å². The highest BCUT2D eigenvalue weighted by molar-refractivity contribution is 8.76. The maximum atomic E-state index is 14.9. The third kappa shape index (κ3) is 24.2. The molecule has 1 aromatic carbocycles. The Bertz CT molecular complexity index is 2520. The fraction of sp³-hybridized carbons (Fsp3) is 0.654. The molecule has 2 aliphatic rings. The molecule has 458 valence electrons. The molecule has 0 aromatic heterocycles. The maximum absolute atomic E-state index is 14.9. The molecule has 10 atom stereocenters. The number of aromatic hydroxyl groups is 1. The van der Waals surface area contributed by atoms with Gasteiger partial charge < -0.3 is 72.5 Å². The molecular weight excluding hydrogens is 1130 g/mol. The van der Waals surface area contributed by atoms with E-state index in [-0.39, 0.29) is 68.4 Å². The summed E-state index contributed by atoms with van der Waals surface area (Å²) in [6, 6.07) is -6.01. The first kappa shape index (κ1) is 69.8. The number of alkyl carbamates (subject to hydrolysis) is 1. The Morgan fingerprint density at radius 3 is 2.01 bits per heavy atom. The predicted octanol–water partition coefficient (Wildman–Crippen LogP) is 1.11. The van der Waals surface area contributed by atoms with Crippen LogP contribution in [0.5, 0.6) is 5.75 Å². The average Bonchev–Trinajstić information content (AvgIpc) is 4.03. The minimum atomic E-state index is -3.73. The van der Waals surface area contributed by atoms with E-state index >= 15 is 0 Å². The van der Waals surface area contributed by atoms with Crippen molar-refractivity contribution in [3.8, 4) is 5.75 Å². The zero-order valence-corrected chi connectivity index (χ0v) is 50.4. The summed E-state index contributed by atoms with van der Waals surface area (Å²) in [5.74, 6) is -11.5. The van der Waals surface area contributed by atoms with Gasteiger partial charge >= 0.3 is 19.7 Å². The summed E-state index contributed by atoms with van der Waals surface area (Å²) in [6.07, 6.45) is -3.05. The highest BCUT2D eigenvalue weighted by atomic mass is 33.1. The van der Waals surface area contributed by atoms with E-state index in [2.05, 4.69) is 37.2 Å². The van der Waals surface area contributed by atoms with Crippen LogP contribution in [-0.2, 0) is 77.5 Å². The van der Waals surface area contributed by atoms with Gasteiger partial charge in [0.05, 0.1) is 32.2 Å². The Labute approximate surface area is 485 Å². The van der Waals surface area contributed by atoms with Crippen LogP contribution in [0.2, 0.25) is 0 Å². The SMILES string of the molecule is CCOP(C)(=O)OC(=O)CCC(=O)[C@H](CC(C)C)NC(=O)[C@@H]1CCCN1C(=O)[C@@H]1CSSC[C@H](NC(=O)OC(C)(C)C)C(=O)N[C@@H](Cc2ccc(O)cc2)C(=O)N[C@@H]([C@@H](C)CC)C(=O)N[C@@H](CCC(N)=O)C(=O)N[C@@H](CC(N)=O)C(=O)N1. The first-order chi connectivity index (χ1) is 38.3. The normalized spacial score (nSPS) is 23.2.